The fraction of sp³-hybridized carbons (Fsp3) is 0.333. The second kappa shape index (κ2) is 7.52. The number of benzene rings is 2. The summed E-state index contributed by atoms with van der Waals surface area (Å²) in [5.41, 5.74) is 0.386. The SMILES string of the molecule is O=C(NCc1ccc2c(c1)OCO2)C(=O)NC[C@](O)(c1ccccc1)C1CC1. The maximum Gasteiger partial charge on any atom is 0.309 e. The van der Waals surface area contributed by atoms with Crippen LogP contribution in [0.3, 0.4) is 0 Å². The predicted octanol–water partition coefficient (Wildman–Crippen LogP) is 1.45. The van der Waals surface area contributed by atoms with Crippen LogP contribution in [0.2, 0.25) is 0 Å². The molecular weight excluding hydrogens is 360 g/mol. The van der Waals surface area contributed by atoms with Crippen molar-refractivity contribution < 1.29 is 24.2 Å². The number of amides is 2. The number of fused-ring (bicyclic) bond motifs is 1. The van der Waals surface area contributed by atoms with Crippen LogP contribution in [0.1, 0.15) is 24.0 Å². The van der Waals surface area contributed by atoms with Crippen molar-refractivity contribution in [1.82, 2.24) is 10.6 Å². The number of nitrogens with one attached hydrogen (secondary N) is 2. The molecule has 0 unspecified atom stereocenters. The van der Waals surface area contributed by atoms with E-state index in [-0.39, 0.29) is 25.8 Å². The Morgan fingerprint density at radius 1 is 1.00 bits per heavy atom. The van der Waals surface area contributed by atoms with Crippen LogP contribution in [0, 0.1) is 5.92 Å². The summed E-state index contributed by atoms with van der Waals surface area (Å²) in [5, 5.41) is 16.2. The van der Waals surface area contributed by atoms with E-state index >= 15 is 0 Å². The number of aliphatic hydroxyl groups is 1. The van der Waals surface area contributed by atoms with Crippen LogP contribution in [-0.4, -0.2) is 30.3 Å². The van der Waals surface area contributed by atoms with Crippen LogP contribution >= 0.6 is 0 Å². The molecule has 1 aliphatic carbocycles. The zero-order valence-electron chi connectivity index (χ0n) is 15.3. The summed E-state index contributed by atoms with van der Waals surface area (Å²) in [5.74, 6) is -0.145. The van der Waals surface area contributed by atoms with E-state index in [1.165, 1.54) is 0 Å². The average Bonchev–Trinajstić information content (AvgIpc) is 3.49. The van der Waals surface area contributed by atoms with Crippen molar-refractivity contribution in [2.45, 2.75) is 25.0 Å². The molecule has 1 heterocycles. The summed E-state index contributed by atoms with van der Waals surface area (Å²) >= 11 is 0. The largest absolute Gasteiger partial charge is 0.454 e. The Bertz CT molecular complexity index is 882. The molecule has 2 aromatic carbocycles. The quantitative estimate of drug-likeness (QED) is 0.657. The number of ether oxygens (including phenoxy) is 2. The van der Waals surface area contributed by atoms with Crippen LogP contribution in [0.25, 0.3) is 0 Å². The Morgan fingerprint density at radius 2 is 1.71 bits per heavy atom. The molecule has 4 rings (SSSR count). The van der Waals surface area contributed by atoms with Gasteiger partial charge in [0.1, 0.15) is 5.60 Å². The van der Waals surface area contributed by atoms with Crippen molar-refractivity contribution in [2.75, 3.05) is 13.3 Å². The second-order valence-electron chi connectivity index (χ2n) is 7.12. The molecule has 7 heteroatoms. The van der Waals surface area contributed by atoms with Gasteiger partial charge in [-0.3, -0.25) is 9.59 Å². The molecule has 0 saturated heterocycles. The van der Waals surface area contributed by atoms with Gasteiger partial charge in [-0.1, -0.05) is 36.4 Å². The Balaban J connectivity index is 1.32. The van der Waals surface area contributed by atoms with E-state index in [2.05, 4.69) is 10.6 Å². The average molecular weight is 382 g/mol. The summed E-state index contributed by atoms with van der Waals surface area (Å²) in [7, 11) is 0. The van der Waals surface area contributed by atoms with E-state index < -0.39 is 17.4 Å². The molecule has 0 spiro atoms. The van der Waals surface area contributed by atoms with E-state index in [0.717, 1.165) is 24.0 Å². The van der Waals surface area contributed by atoms with Crippen molar-refractivity contribution >= 4 is 11.8 Å². The highest BCUT2D eigenvalue weighted by Gasteiger charge is 2.45. The molecule has 1 fully saturated rings. The zero-order chi connectivity index (χ0) is 19.6. The number of carbonyl (C=O) groups excluding carboxylic acids is 2. The number of hydrogen-bond donors (Lipinski definition) is 3. The molecule has 1 aliphatic heterocycles. The topological polar surface area (TPSA) is 96.9 Å². The molecule has 3 N–H and O–H groups in total. The van der Waals surface area contributed by atoms with Crippen molar-refractivity contribution in [3.63, 3.8) is 0 Å². The third-order valence-electron chi connectivity index (χ3n) is 5.14. The Kier molecular flexibility index (Phi) is 4.92. The van der Waals surface area contributed by atoms with Gasteiger partial charge in [0.15, 0.2) is 11.5 Å². The van der Waals surface area contributed by atoms with Gasteiger partial charge in [0.25, 0.3) is 0 Å². The Morgan fingerprint density at radius 3 is 2.46 bits per heavy atom. The molecule has 0 aromatic heterocycles. The van der Waals surface area contributed by atoms with Gasteiger partial charge >= 0.3 is 11.8 Å². The summed E-state index contributed by atoms with van der Waals surface area (Å²) in [4.78, 5) is 24.3. The second-order valence-corrected chi connectivity index (χ2v) is 7.12. The summed E-state index contributed by atoms with van der Waals surface area (Å²) < 4.78 is 10.5. The van der Waals surface area contributed by atoms with E-state index in [9.17, 15) is 14.7 Å². The summed E-state index contributed by atoms with van der Waals surface area (Å²) in [6.45, 7) is 0.366. The van der Waals surface area contributed by atoms with Gasteiger partial charge in [-0.25, -0.2) is 0 Å². The summed E-state index contributed by atoms with van der Waals surface area (Å²) in [6, 6.07) is 14.6. The zero-order valence-corrected chi connectivity index (χ0v) is 15.3. The maximum absolute atomic E-state index is 12.2. The van der Waals surface area contributed by atoms with Crippen LogP contribution < -0.4 is 20.1 Å². The van der Waals surface area contributed by atoms with E-state index in [0.29, 0.717) is 11.5 Å². The predicted molar refractivity (Wildman–Crippen MR) is 100 cm³/mol. The Labute approximate surface area is 162 Å². The smallest absolute Gasteiger partial charge is 0.309 e. The third kappa shape index (κ3) is 3.80. The molecule has 28 heavy (non-hydrogen) atoms. The molecular formula is C21H22N2O5. The highest BCUT2D eigenvalue weighted by molar-refractivity contribution is 6.35. The van der Waals surface area contributed by atoms with Crippen molar-refractivity contribution in [1.29, 1.82) is 0 Å². The molecule has 146 valence electrons. The standard InChI is InChI=1S/C21H22N2O5/c24-19(22-11-14-6-9-17-18(10-14)28-13-27-17)20(25)23-12-21(26,16-7-8-16)15-4-2-1-3-5-15/h1-6,9-10,16,26H,7-8,11-13H2,(H,22,24)(H,23,25)/t21-/m0/s1. The van der Waals surface area contributed by atoms with Gasteiger partial charge in [0, 0.05) is 6.54 Å². The third-order valence-corrected chi connectivity index (χ3v) is 5.14. The van der Waals surface area contributed by atoms with Crippen molar-refractivity contribution in [2.24, 2.45) is 5.92 Å². The van der Waals surface area contributed by atoms with Gasteiger partial charge in [0.2, 0.25) is 6.79 Å². The minimum atomic E-state index is -1.16. The van der Waals surface area contributed by atoms with E-state index in [1.807, 2.05) is 30.3 Å². The highest BCUT2D eigenvalue weighted by Crippen LogP contribution is 2.45. The number of hydrogen-bond acceptors (Lipinski definition) is 5. The fourth-order valence-corrected chi connectivity index (χ4v) is 3.38. The molecule has 2 amide bonds. The lowest BCUT2D eigenvalue weighted by Crippen LogP contribution is -2.47. The normalized spacial score (nSPS) is 16.9. The van der Waals surface area contributed by atoms with E-state index in [4.69, 9.17) is 9.47 Å². The minimum absolute atomic E-state index is 0.00203. The fourth-order valence-electron chi connectivity index (χ4n) is 3.38. The van der Waals surface area contributed by atoms with Gasteiger partial charge in [-0.15, -0.1) is 0 Å². The first-order valence-electron chi connectivity index (χ1n) is 9.29. The Hall–Kier alpha value is -3.06. The van der Waals surface area contributed by atoms with E-state index in [1.54, 1.807) is 18.2 Å². The molecule has 0 radical (unpaired) electrons. The number of rotatable bonds is 6. The van der Waals surface area contributed by atoms with Gasteiger partial charge in [-0.05, 0) is 42.0 Å². The van der Waals surface area contributed by atoms with Crippen LogP contribution in [-0.2, 0) is 21.7 Å². The first-order valence-corrected chi connectivity index (χ1v) is 9.29. The van der Waals surface area contributed by atoms with Gasteiger partial charge < -0.3 is 25.2 Å². The minimum Gasteiger partial charge on any atom is -0.454 e. The first kappa shape index (κ1) is 18.3. The summed E-state index contributed by atoms with van der Waals surface area (Å²) in [6.07, 6.45) is 1.80. The molecule has 1 saturated carbocycles. The number of carbonyl (C=O) groups is 2. The lowest BCUT2D eigenvalue weighted by Gasteiger charge is -2.29. The molecule has 2 aromatic rings. The molecule has 1 atom stereocenters. The molecule has 2 aliphatic rings. The molecule has 7 nitrogen and oxygen atoms in total. The monoisotopic (exact) mass is 382 g/mol. The van der Waals surface area contributed by atoms with Crippen molar-refractivity contribution in [3.8, 4) is 11.5 Å². The van der Waals surface area contributed by atoms with Gasteiger partial charge in [0.05, 0.1) is 6.54 Å². The van der Waals surface area contributed by atoms with Crippen LogP contribution in [0.4, 0.5) is 0 Å². The van der Waals surface area contributed by atoms with Crippen molar-refractivity contribution in [3.05, 3.63) is 59.7 Å². The van der Waals surface area contributed by atoms with Gasteiger partial charge in [-0.2, -0.15) is 0 Å². The van der Waals surface area contributed by atoms with Crippen LogP contribution in [0.5, 0.6) is 11.5 Å². The lowest BCUT2D eigenvalue weighted by molar-refractivity contribution is -0.140. The molecule has 0 bridgehead atoms. The van der Waals surface area contributed by atoms with Crippen LogP contribution in [0.15, 0.2) is 48.5 Å². The first-order chi connectivity index (χ1) is 13.6. The highest BCUT2D eigenvalue weighted by atomic mass is 16.7. The lowest BCUT2D eigenvalue weighted by atomic mass is 9.88. The maximum atomic E-state index is 12.2.